The lowest BCUT2D eigenvalue weighted by Crippen LogP contribution is -2.24. The molecule has 0 aliphatic carbocycles. The van der Waals surface area contributed by atoms with Gasteiger partial charge in [-0.3, -0.25) is 4.79 Å². The molecule has 0 aliphatic rings. The van der Waals surface area contributed by atoms with Crippen LogP contribution in [0.2, 0.25) is 0 Å². The fourth-order valence-corrected chi connectivity index (χ4v) is 2.59. The van der Waals surface area contributed by atoms with Crippen molar-refractivity contribution < 1.29 is 14.3 Å². The van der Waals surface area contributed by atoms with Gasteiger partial charge >= 0.3 is 0 Å². The lowest BCUT2D eigenvalue weighted by molar-refractivity contribution is -0.123. The Hall–Kier alpha value is -2.34. The first-order valence-electron chi connectivity index (χ1n) is 8.08. The highest BCUT2D eigenvalue weighted by atomic mass is 79.9. The summed E-state index contributed by atoms with van der Waals surface area (Å²) in [5, 5.41) is 3.92. The third-order valence-corrected chi connectivity index (χ3v) is 3.98. The Morgan fingerprint density at radius 1 is 1.16 bits per heavy atom. The zero-order chi connectivity index (χ0) is 18.1. The van der Waals surface area contributed by atoms with Gasteiger partial charge in [-0.2, -0.15) is 5.10 Å². The maximum Gasteiger partial charge on any atom is 0.277 e. The van der Waals surface area contributed by atoms with Crippen LogP contribution in [0.1, 0.15) is 25.0 Å². The van der Waals surface area contributed by atoms with Crippen LogP contribution < -0.4 is 14.9 Å². The van der Waals surface area contributed by atoms with Crippen molar-refractivity contribution in [2.45, 2.75) is 20.3 Å². The molecule has 5 nitrogen and oxygen atoms in total. The molecule has 0 bridgehead atoms. The summed E-state index contributed by atoms with van der Waals surface area (Å²) in [6, 6.07) is 13.2. The normalized spacial score (nSPS) is 10.7. The average molecular weight is 405 g/mol. The van der Waals surface area contributed by atoms with E-state index in [2.05, 4.69) is 33.4 Å². The first kappa shape index (κ1) is 19.0. The van der Waals surface area contributed by atoms with Crippen molar-refractivity contribution in [1.82, 2.24) is 5.43 Å². The molecular formula is C19H21BrN2O3. The molecular weight excluding hydrogens is 384 g/mol. The van der Waals surface area contributed by atoms with Crippen LogP contribution in [0.25, 0.3) is 0 Å². The van der Waals surface area contributed by atoms with Crippen molar-refractivity contribution in [2.75, 3.05) is 13.2 Å². The summed E-state index contributed by atoms with van der Waals surface area (Å²) in [5.41, 5.74) is 4.50. The Morgan fingerprint density at radius 2 is 1.92 bits per heavy atom. The second-order valence-electron chi connectivity index (χ2n) is 5.20. The molecule has 0 atom stereocenters. The van der Waals surface area contributed by atoms with Crippen LogP contribution >= 0.6 is 15.9 Å². The highest BCUT2D eigenvalue weighted by Crippen LogP contribution is 2.26. The van der Waals surface area contributed by atoms with Crippen LogP contribution in [0, 0.1) is 0 Å². The maximum atomic E-state index is 11.8. The predicted molar refractivity (Wildman–Crippen MR) is 102 cm³/mol. The standard InChI is InChI=1S/C19H21BrN2O3/c1-3-14-7-10-18(17(20)11-14)25-13-19(23)22-21-12-15-5-8-16(9-6-15)24-4-2/h5-12H,3-4,13H2,1-2H3,(H,22,23)/b21-12+. The van der Waals surface area contributed by atoms with Gasteiger partial charge in [0.15, 0.2) is 6.61 Å². The van der Waals surface area contributed by atoms with E-state index < -0.39 is 0 Å². The van der Waals surface area contributed by atoms with E-state index in [0.717, 1.165) is 22.2 Å². The van der Waals surface area contributed by atoms with Gasteiger partial charge in [0, 0.05) is 0 Å². The van der Waals surface area contributed by atoms with E-state index in [1.807, 2.05) is 49.4 Å². The summed E-state index contributed by atoms with van der Waals surface area (Å²) in [6.07, 6.45) is 2.51. The summed E-state index contributed by atoms with van der Waals surface area (Å²) in [7, 11) is 0. The summed E-state index contributed by atoms with van der Waals surface area (Å²) in [5.74, 6) is 1.10. The number of hydrazone groups is 1. The van der Waals surface area contributed by atoms with Gasteiger partial charge in [0.2, 0.25) is 0 Å². The monoisotopic (exact) mass is 404 g/mol. The lowest BCUT2D eigenvalue weighted by Gasteiger charge is -2.08. The Labute approximate surface area is 156 Å². The van der Waals surface area contributed by atoms with Crippen LogP contribution in [-0.2, 0) is 11.2 Å². The minimum atomic E-state index is -0.325. The number of benzene rings is 2. The van der Waals surface area contributed by atoms with Gasteiger partial charge < -0.3 is 9.47 Å². The topological polar surface area (TPSA) is 59.9 Å². The van der Waals surface area contributed by atoms with E-state index in [4.69, 9.17) is 9.47 Å². The molecule has 1 N–H and O–H groups in total. The van der Waals surface area contributed by atoms with Crippen molar-refractivity contribution >= 4 is 28.1 Å². The van der Waals surface area contributed by atoms with E-state index in [9.17, 15) is 4.79 Å². The Kier molecular flexibility index (Phi) is 7.47. The first-order chi connectivity index (χ1) is 12.1. The van der Waals surface area contributed by atoms with Gasteiger partial charge in [-0.25, -0.2) is 5.43 Å². The van der Waals surface area contributed by atoms with E-state index in [1.165, 1.54) is 5.56 Å². The van der Waals surface area contributed by atoms with E-state index in [0.29, 0.717) is 12.4 Å². The van der Waals surface area contributed by atoms with Gasteiger partial charge in [0.25, 0.3) is 5.91 Å². The lowest BCUT2D eigenvalue weighted by atomic mass is 10.2. The van der Waals surface area contributed by atoms with Crippen LogP contribution in [0.15, 0.2) is 52.0 Å². The fourth-order valence-electron chi connectivity index (χ4n) is 2.05. The van der Waals surface area contributed by atoms with Crippen molar-refractivity contribution in [2.24, 2.45) is 5.10 Å². The van der Waals surface area contributed by atoms with Gasteiger partial charge in [-0.1, -0.05) is 13.0 Å². The molecule has 0 spiro atoms. The molecule has 6 heteroatoms. The second kappa shape index (κ2) is 9.84. The number of aryl methyl sites for hydroxylation is 1. The highest BCUT2D eigenvalue weighted by Gasteiger charge is 2.05. The third kappa shape index (κ3) is 6.23. The molecule has 0 saturated heterocycles. The summed E-state index contributed by atoms with van der Waals surface area (Å²) in [6.45, 7) is 4.53. The molecule has 1 amide bonds. The molecule has 0 saturated carbocycles. The summed E-state index contributed by atoms with van der Waals surface area (Å²) >= 11 is 3.44. The zero-order valence-electron chi connectivity index (χ0n) is 14.3. The quantitative estimate of drug-likeness (QED) is 0.535. The maximum absolute atomic E-state index is 11.8. The number of hydrogen-bond donors (Lipinski definition) is 1. The largest absolute Gasteiger partial charge is 0.494 e. The van der Waals surface area contributed by atoms with Gasteiger partial charge in [0.05, 0.1) is 17.3 Å². The van der Waals surface area contributed by atoms with Crippen molar-refractivity contribution in [3.63, 3.8) is 0 Å². The van der Waals surface area contributed by atoms with E-state index in [1.54, 1.807) is 6.21 Å². The van der Waals surface area contributed by atoms with Gasteiger partial charge in [0.1, 0.15) is 11.5 Å². The molecule has 2 aromatic rings. The number of hydrogen-bond acceptors (Lipinski definition) is 4. The third-order valence-electron chi connectivity index (χ3n) is 3.36. The molecule has 0 aliphatic heterocycles. The average Bonchev–Trinajstić information content (AvgIpc) is 2.62. The van der Waals surface area contributed by atoms with Gasteiger partial charge in [-0.05, 0) is 76.8 Å². The van der Waals surface area contributed by atoms with E-state index in [-0.39, 0.29) is 12.5 Å². The molecule has 0 unspecified atom stereocenters. The van der Waals surface area contributed by atoms with Crippen molar-refractivity contribution in [3.8, 4) is 11.5 Å². The minimum absolute atomic E-state index is 0.106. The number of nitrogens with one attached hydrogen (secondary N) is 1. The fraction of sp³-hybridized carbons (Fsp3) is 0.263. The Balaban J connectivity index is 1.80. The molecule has 0 radical (unpaired) electrons. The molecule has 2 rings (SSSR count). The molecule has 2 aromatic carbocycles. The van der Waals surface area contributed by atoms with Crippen molar-refractivity contribution in [3.05, 3.63) is 58.1 Å². The molecule has 25 heavy (non-hydrogen) atoms. The molecule has 0 aromatic heterocycles. The predicted octanol–water partition coefficient (Wildman–Crippen LogP) is 3.94. The Morgan fingerprint density at radius 3 is 2.56 bits per heavy atom. The first-order valence-corrected chi connectivity index (χ1v) is 8.87. The van der Waals surface area contributed by atoms with Crippen molar-refractivity contribution in [1.29, 1.82) is 0 Å². The number of carbonyl (C=O) groups excluding carboxylic acids is 1. The molecule has 0 heterocycles. The van der Waals surface area contributed by atoms with Crippen LogP contribution in [-0.4, -0.2) is 25.3 Å². The number of halogens is 1. The number of amides is 1. The second-order valence-corrected chi connectivity index (χ2v) is 6.06. The number of rotatable bonds is 8. The van der Waals surface area contributed by atoms with Crippen LogP contribution in [0.5, 0.6) is 11.5 Å². The summed E-state index contributed by atoms with van der Waals surface area (Å²) < 4.78 is 11.7. The SMILES string of the molecule is CCOc1ccc(/C=N/NC(=O)COc2ccc(CC)cc2Br)cc1. The van der Waals surface area contributed by atoms with E-state index >= 15 is 0 Å². The molecule has 132 valence electrons. The zero-order valence-corrected chi connectivity index (χ0v) is 15.9. The Bertz CT molecular complexity index is 730. The van der Waals surface area contributed by atoms with Gasteiger partial charge in [-0.15, -0.1) is 0 Å². The number of carbonyl (C=O) groups is 1. The van der Waals surface area contributed by atoms with Crippen LogP contribution in [0.4, 0.5) is 0 Å². The minimum Gasteiger partial charge on any atom is -0.494 e. The molecule has 0 fully saturated rings. The smallest absolute Gasteiger partial charge is 0.277 e. The highest BCUT2D eigenvalue weighted by molar-refractivity contribution is 9.10. The van der Waals surface area contributed by atoms with Crippen LogP contribution in [0.3, 0.4) is 0 Å². The number of ether oxygens (including phenoxy) is 2. The summed E-state index contributed by atoms with van der Waals surface area (Å²) in [4.78, 5) is 11.8. The number of nitrogens with zero attached hydrogens (tertiary/aromatic N) is 1.